The average Bonchev–Trinajstić information content (AvgIpc) is 3.21. The molecule has 0 spiro atoms. The third-order valence-corrected chi connectivity index (χ3v) is 6.85. The molecule has 0 aliphatic carbocycles. The van der Waals surface area contributed by atoms with Gasteiger partial charge in [-0.3, -0.25) is 4.90 Å². The number of ether oxygens (including phenoxy) is 2. The van der Waals surface area contributed by atoms with Gasteiger partial charge in [0.15, 0.2) is 5.13 Å². The van der Waals surface area contributed by atoms with Gasteiger partial charge < -0.3 is 14.8 Å². The van der Waals surface area contributed by atoms with Crippen LogP contribution >= 0.6 is 11.3 Å². The maximum atomic E-state index is 12.7. The summed E-state index contributed by atoms with van der Waals surface area (Å²) in [6.07, 6.45) is 1.60. The van der Waals surface area contributed by atoms with Gasteiger partial charge in [-0.05, 0) is 32.4 Å². The Bertz CT molecular complexity index is 899. The molecule has 8 heteroatoms. The second-order valence-corrected chi connectivity index (χ2v) is 9.43. The summed E-state index contributed by atoms with van der Waals surface area (Å²) < 4.78 is 12.6. The largest absolute Gasteiger partial charge is 0.493 e. The SMILES string of the molecule is CC1(C)C[C@@H]2N(c3nc4c5c(ccc4s3)OCC5)C(=O)N[C@]2([Si])CO1. The molecule has 3 aliphatic rings. The fraction of sp³-hybridized carbons (Fsp3) is 0.529. The topological polar surface area (TPSA) is 63.7 Å². The number of hydrogen-bond donors (Lipinski definition) is 1. The summed E-state index contributed by atoms with van der Waals surface area (Å²) in [7, 11) is 3.77. The summed E-state index contributed by atoms with van der Waals surface area (Å²) in [6, 6.07) is 3.85. The number of thiazole rings is 1. The third-order valence-electron chi connectivity index (χ3n) is 5.23. The van der Waals surface area contributed by atoms with E-state index in [0.717, 1.165) is 39.5 Å². The normalized spacial score (nSPS) is 30.1. The lowest BCUT2D eigenvalue weighted by molar-refractivity contribution is -0.0749. The standard InChI is InChI=1S/C17H18N3O3SSi/c1-16(2)7-12-17(25,8-23-16)19-14(21)20(12)15-18-13-9-5-6-22-10(9)3-4-11(13)24-15/h3-4,12H,5-8H2,1-2H3,(H,19,21)/t12-,17-/m0/s1. The number of amides is 2. The van der Waals surface area contributed by atoms with Crippen LogP contribution < -0.4 is 15.0 Å². The molecule has 1 aromatic carbocycles. The van der Waals surface area contributed by atoms with Crippen LogP contribution in [0.1, 0.15) is 25.8 Å². The molecule has 3 radical (unpaired) electrons. The van der Waals surface area contributed by atoms with Gasteiger partial charge in [0.25, 0.3) is 0 Å². The fourth-order valence-electron chi connectivity index (χ4n) is 3.91. The van der Waals surface area contributed by atoms with Gasteiger partial charge in [0.1, 0.15) is 5.75 Å². The van der Waals surface area contributed by atoms with Crippen LogP contribution in [0.5, 0.6) is 5.75 Å². The van der Waals surface area contributed by atoms with E-state index in [1.54, 1.807) is 16.2 Å². The summed E-state index contributed by atoms with van der Waals surface area (Å²) >= 11 is 1.55. The molecule has 3 aliphatic heterocycles. The zero-order chi connectivity index (χ0) is 17.4. The highest BCUT2D eigenvalue weighted by molar-refractivity contribution is 7.22. The molecule has 5 rings (SSSR count). The van der Waals surface area contributed by atoms with E-state index in [0.29, 0.717) is 13.2 Å². The van der Waals surface area contributed by atoms with Crippen molar-refractivity contribution < 1.29 is 14.3 Å². The predicted molar refractivity (Wildman–Crippen MR) is 96.8 cm³/mol. The highest BCUT2D eigenvalue weighted by Crippen LogP contribution is 2.42. The lowest BCUT2D eigenvalue weighted by Crippen LogP contribution is -2.61. The van der Waals surface area contributed by atoms with Crippen LogP contribution in [0.15, 0.2) is 12.1 Å². The number of rotatable bonds is 1. The molecule has 1 aromatic heterocycles. The number of nitrogens with zero attached hydrogens (tertiary/aromatic N) is 2. The number of carbonyl (C=O) groups is 1. The lowest BCUT2D eigenvalue weighted by Gasteiger charge is -2.44. The van der Waals surface area contributed by atoms with Gasteiger partial charge in [-0.15, -0.1) is 0 Å². The smallest absolute Gasteiger partial charge is 0.324 e. The molecular formula is C17H18N3O3SSi. The Kier molecular flexibility index (Phi) is 3.09. The van der Waals surface area contributed by atoms with E-state index >= 15 is 0 Å². The van der Waals surface area contributed by atoms with E-state index in [1.165, 1.54) is 0 Å². The van der Waals surface area contributed by atoms with Crippen molar-refractivity contribution in [3.8, 4) is 5.75 Å². The molecule has 2 atom stereocenters. The van der Waals surface area contributed by atoms with Crippen LogP contribution in [0, 0.1) is 0 Å². The van der Waals surface area contributed by atoms with E-state index in [-0.39, 0.29) is 17.7 Å². The summed E-state index contributed by atoms with van der Waals surface area (Å²) in [5, 5.41) is 3.19. The van der Waals surface area contributed by atoms with Crippen molar-refractivity contribution >= 4 is 43.0 Å². The number of anilines is 1. The Balaban J connectivity index is 1.60. The number of carbonyl (C=O) groups excluding carboxylic acids is 1. The molecule has 2 saturated heterocycles. The molecule has 0 unspecified atom stereocenters. The lowest BCUT2D eigenvalue weighted by atomic mass is 9.90. The maximum Gasteiger partial charge on any atom is 0.324 e. The Hall–Kier alpha value is -1.64. The molecule has 2 amide bonds. The third kappa shape index (κ3) is 2.24. The second-order valence-electron chi connectivity index (χ2n) is 7.52. The number of benzene rings is 1. The van der Waals surface area contributed by atoms with Crippen molar-refractivity contribution in [2.24, 2.45) is 0 Å². The first-order valence-electron chi connectivity index (χ1n) is 8.42. The van der Waals surface area contributed by atoms with Crippen LogP contribution in [0.3, 0.4) is 0 Å². The van der Waals surface area contributed by atoms with Gasteiger partial charge in [-0.2, -0.15) is 0 Å². The van der Waals surface area contributed by atoms with Crippen LogP contribution in [-0.4, -0.2) is 51.3 Å². The van der Waals surface area contributed by atoms with Gasteiger partial charge in [-0.25, -0.2) is 9.78 Å². The van der Waals surface area contributed by atoms with E-state index in [9.17, 15) is 4.79 Å². The molecule has 4 heterocycles. The van der Waals surface area contributed by atoms with Gasteiger partial charge in [0.2, 0.25) is 0 Å². The molecular weight excluding hydrogens is 354 g/mol. The van der Waals surface area contributed by atoms with Crippen molar-refractivity contribution in [1.29, 1.82) is 0 Å². The van der Waals surface area contributed by atoms with E-state index < -0.39 is 5.16 Å². The second kappa shape index (κ2) is 4.96. The Morgan fingerprint density at radius 3 is 3.12 bits per heavy atom. The van der Waals surface area contributed by atoms with Gasteiger partial charge in [0, 0.05) is 12.0 Å². The van der Waals surface area contributed by atoms with Crippen molar-refractivity contribution in [1.82, 2.24) is 10.3 Å². The highest BCUT2D eigenvalue weighted by atomic mass is 32.1. The van der Waals surface area contributed by atoms with Crippen LogP contribution in [-0.2, 0) is 11.2 Å². The minimum atomic E-state index is -0.574. The number of fused-ring (bicyclic) bond motifs is 4. The predicted octanol–water partition coefficient (Wildman–Crippen LogP) is 2.19. The maximum absolute atomic E-state index is 12.7. The fourth-order valence-corrected chi connectivity index (χ4v) is 5.36. The first-order valence-corrected chi connectivity index (χ1v) is 9.74. The van der Waals surface area contributed by atoms with Crippen LogP contribution in [0.25, 0.3) is 10.2 Å². The van der Waals surface area contributed by atoms with Crippen LogP contribution in [0.4, 0.5) is 9.93 Å². The van der Waals surface area contributed by atoms with Crippen molar-refractivity contribution in [3.05, 3.63) is 17.7 Å². The molecule has 2 fully saturated rings. The molecule has 0 bridgehead atoms. The monoisotopic (exact) mass is 372 g/mol. The van der Waals surface area contributed by atoms with Crippen molar-refractivity contribution in [2.75, 3.05) is 18.1 Å². The molecule has 6 nitrogen and oxygen atoms in total. The van der Waals surface area contributed by atoms with Crippen molar-refractivity contribution in [3.63, 3.8) is 0 Å². The Morgan fingerprint density at radius 1 is 1.44 bits per heavy atom. The Labute approximate surface area is 152 Å². The minimum Gasteiger partial charge on any atom is -0.493 e. The first-order chi connectivity index (χ1) is 11.9. The van der Waals surface area contributed by atoms with E-state index in [2.05, 4.69) is 29.4 Å². The quantitative estimate of drug-likeness (QED) is 0.780. The molecule has 2 aromatic rings. The summed E-state index contributed by atoms with van der Waals surface area (Å²) in [5.41, 5.74) is 1.83. The molecule has 25 heavy (non-hydrogen) atoms. The van der Waals surface area contributed by atoms with E-state index in [4.69, 9.17) is 14.5 Å². The zero-order valence-electron chi connectivity index (χ0n) is 14.1. The van der Waals surface area contributed by atoms with Gasteiger partial charge >= 0.3 is 6.03 Å². The average molecular weight is 373 g/mol. The summed E-state index contributed by atoms with van der Waals surface area (Å²) in [6.45, 7) is 5.24. The summed E-state index contributed by atoms with van der Waals surface area (Å²) in [5.74, 6) is 0.914. The van der Waals surface area contributed by atoms with E-state index in [1.807, 2.05) is 12.1 Å². The van der Waals surface area contributed by atoms with Crippen LogP contribution in [0.2, 0.25) is 0 Å². The molecule has 129 valence electrons. The first kappa shape index (κ1) is 15.6. The van der Waals surface area contributed by atoms with Gasteiger partial charge in [0.05, 0.1) is 50.5 Å². The zero-order valence-corrected chi connectivity index (χ0v) is 15.9. The number of urea groups is 1. The van der Waals surface area contributed by atoms with Gasteiger partial charge in [-0.1, -0.05) is 11.3 Å². The van der Waals surface area contributed by atoms with Crippen molar-refractivity contribution in [2.45, 2.75) is 43.5 Å². The number of nitrogens with one attached hydrogen (secondary N) is 1. The molecule has 0 saturated carbocycles. The summed E-state index contributed by atoms with van der Waals surface area (Å²) in [4.78, 5) is 19.4. The highest BCUT2D eigenvalue weighted by Gasteiger charge is 2.55. The number of aromatic nitrogens is 1. The Morgan fingerprint density at radius 2 is 2.28 bits per heavy atom. The minimum absolute atomic E-state index is 0.0507. The molecule has 1 N–H and O–H groups in total. The number of hydrogen-bond acceptors (Lipinski definition) is 5.